The lowest BCUT2D eigenvalue weighted by Gasteiger charge is -1.98. The Morgan fingerprint density at radius 2 is 2.50 bits per heavy atom. The normalized spacial score (nSPS) is 11.2. The first kappa shape index (κ1) is 8.42. The zero-order valence-corrected chi connectivity index (χ0v) is 7.40. The van der Waals surface area contributed by atoms with Crippen LogP contribution in [0, 0.1) is 0 Å². The van der Waals surface area contributed by atoms with Crippen molar-refractivity contribution < 1.29 is 0 Å². The summed E-state index contributed by atoms with van der Waals surface area (Å²) >= 11 is 0. The molecule has 0 bridgehead atoms. The Labute approximate surface area is 78.3 Å². The van der Waals surface area contributed by atoms with Gasteiger partial charge in [-0.3, -0.25) is 15.5 Å². The van der Waals surface area contributed by atoms with Crippen LogP contribution in [-0.4, -0.2) is 26.4 Å². The van der Waals surface area contributed by atoms with Crippen LogP contribution in [0.1, 0.15) is 6.92 Å². The van der Waals surface area contributed by atoms with Gasteiger partial charge in [-0.15, -0.1) is 0 Å². The number of hydrazone groups is 1. The van der Waals surface area contributed by atoms with Crippen LogP contribution >= 0.6 is 0 Å². The standard InChI is InChI=1S/C7H8N6O/c1-2-8-12-5-4-3-9-13-6(4)11-7(14)10-5/h2-3H,1H3,(H3,9,10,11,12,13,14)/b8-2+. The molecule has 0 aliphatic carbocycles. The topological polar surface area (TPSA) is 98.8 Å². The van der Waals surface area contributed by atoms with Gasteiger partial charge in [0.1, 0.15) is 5.65 Å². The molecule has 2 aromatic heterocycles. The Morgan fingerprint density at radius 3 is 3.29 bits per heavy atom. The van der Waals surface area contributed by atoms with Crippen LogP contribution in [0.2, 0.25) is 0 Å². The van der Waals surface area contributed by atoms with E-state index in [4.69, 9.17) is 0 Å². The molecule has 14 heavy (non-hydrogen) atoms. The molecule has 2 heterocycles. The zero-order valence-electron chi connectivity index (χ0n) is 7.40. The Kier molecular flexibility index (Phi) is 1.98. The summed E-state index contributed by atoms with van der Waals surface area (Å²) in [6.45, 7) is 1.76. The van der Waals surface area contributed by atoms with Crippen LogP contribution in [0.25, 0.3) is 11.0 Å². The molecule has 2 aromatic rings. The summed E-state index contributed by atoms with van der Waals surface area (Å²) in [4.78, 5) is 17.3. The molecule has 0 atom stereocenters. The van der Waals surface area contributed by atoms with E-state index in [0.717, 1.165) is 0 Å². The second-order valence-corrected chi connectivity index (χ2v) is 2.55. The quantitative estimate of drug-likeness (QED) is 0.463. The molecule has 0 aliphatic heterocycles. The third kappa shape index (κ3) is 1.35. The van der Waals surface area contributed by atoms with Crippen molar-refractivity contribution in [1.29, 1.82) is 0 Å². The van der Waals surface area contributed by atoms with Crippen molar-refractivity contribution in [1.82, 2.24) is 20.2 Å². The van der Waals surface area contributed by atoms with Crippen LogP contribution in [0.4, 0.5) is 5.82 Å². The highest BCUT2D eigenvalue weighted by atomic mass is 16.1. The van der Waals surface area contributed by atoms with E-state index in [1.165, 1.54) is 0 Å². The SMILES string of the molecule is C/C=N/Nc1nc(=O)[nH]c2[nH]ncc12. The Bertz CT molecular complexity index is 524. The van der Waals surface area contributed by atoms with E-state index in [1.807, 2.05) is 0 Å². The van der Waals surface area contributed by atoms with Crippen molar-refractivity contribution in [3.8, 4) is 0 Å². The molecule has 0 aliphatic rings. The molecule has 0 saturated carbocycles. The monoisotopic (exact) mass is 192 g/mol. The van der Waals surface area contributed by atoms with E-state index < -0.39 is 5.69 Å². The maximum Gasteiger partial charge on any atom is 0.348 e. The fourth-order valence-corrected chi connectivity index (χ4v) is 1.07. The molecule has 0 radical (unpaired) electrons. The maximum atomic E-state index is 11.1. The lowest BCUT2D eigenvalue weighted by atomic mass is 10.4. The first-order valence-electron chi connectivity index (χ1n) is 3.98. The number of H-pyrrole nitrogens is 2. The number of nitrogens with zero attached hydrogens (tertiary/aromatic N) is 3. The van der Waals surface area contributed by atoms with Gasteiger partial charge in [-0.2, -0.15) is 15.2 Å². The van der Waals surface area contributed by atoms with Crippen LogP contribution in [-0.2, 0) is 0 Å². The number of aromatic amines is 2. The Hall–Kier alpha value is -2.18. The van der Waals surface area contributed by atoms with Crippen molar-refractivity contribution in [2.45, 2.75) is 6.92 Å². The second-order valence-electron chi connectivity index (χ2n) is 2.55. The summed E-state index contributed by atoms with van der Waals surface area (Å²) in [6.07, 6.45) is 3.13. The third-order valence-corrected chi connectivity index (χ3v) is 1.64. The van der Waals surface area contributed by atoms with Crippen molar-refractivity contribution in [2.75, 3.05) is 5.43 Å². The summed E-state index contributed by atoms with van der Waals surface area (Å²) in [6, 6.07) is 0. The van der Waals surface area contributed by atoms with E-state index in [0.29, 0.717) is 16.9 Å². The molecule has 0 saturated heterocycles. The molecule has 72 valence electrons. The fourth-order valence-electron chi connectivity index (χ4n) is 1.07. The molecule has 2 rings (SSSR count). The van der Waals surface area contributed by atoms with E-state index in [9.17, 15) is 4.79 Å². The van der Waals surface area contributed by atoms with Crippen molar-refractivity contribution in [2.24, 2.45) is 5.10 Å². The predicted molar refractivity (Wildman–Crippen MR) is 52.3 cm³/mol. The van der Waals surface area contributed by atoms with Gasteiger partial charge in [0.15, 0.2) is 5.82 Å². The first-order valence-corrected chi connectivity index (χ1v) is 3.98. The molecular weight excluding hydrogens is 184 g/mol. The third-order valence-electron chi connectivity index (χ3n) is 1.64. The number of fused-ring (bicyclic) bond motifs is 1. The van der Waals surface area contributed by atoms with Gasteiger partial charge in [0.25, 0.3) is 0 Å². The van der Waals surface area contributed by atoms with Gasteiger partial charge in [-0.05, 0) is 6.92 Å². The fraction of sp³-hybridized carbons (Fsp3) is 0.143. The summed E-state index contributed by atoms with van der Waals surface area (Å²) < 4.78 is 0. The first-order chi connectivity index (χ1) is 6.81. The summed E-state index contributed by atoms with van der Waals surface area (Å²) in [5, 5.41) is 10.9. The smallest absolute Gasteiger partial charge is 0.290 e. The number of hydrogen-bond donors (Lipinski definition) is 3. The molecule has 0 spiro atoms. The van der Waals surface area contributed by atoms with Crippen LogP contribution < -0.4 is 11.1 Å². The van der Waals surface area contributed by atoms with Gasteiger partial charge in [0, 0.05) is 6.21 Å². The van der Waals surface area contributed by atoms with E-state index in [-0.39, 0.29) is 0 Å². The van der Waals surface area contributed by atoms with Crippen molar-refractivity contribution in [3.63, 3.8) is 0 Å². The van der Waals surface area contributed by atoms with Crippen LogP contribution in [0.5, 0.6) is 0 Å². The van der Waals surface area contributed by atoms with Gasteiger partial charge in [-0.1, -0.05) is 0 Å². The van der Waals surface area contributed by atoms with Gasteiger partial charge >= 0.3 is 5.69 Å². The predicted octanol–water partition coefficient (Wildman–Crippen LogP) is 0.0638. The lowest BCUT2D eigenvalue weighted by Crippen LogP contribution is -2.12. The summed E-state index contributed by atoms with van der Waals surface area (Å²) in [7, 11) is 0. The minimum Gasteiger partial charge on any atom is -0.290 e. The molecule has 0 fully saturated rings. The minimum atomic E-state index is -0.449. The Morgan fingerprint density at radius 1 is 1.64 bits per heavy atom. The van der Waals surface area contributed by atoms with Crippen LogP contribution in [0.15, 0.2) is 16.1 Å². The van der Waals surface area contributed by atoms with Crippen LogP contribution in [0.3, 0.4) is 0 Å². The average Bonchev–Trinajstić information content (AvgIpc) is 2.61. The van der Waals surface area contributed by atoms with E-state index in [1.54, 1.807) is 19.3 Å². The summed E-state index contributed by atoms with van der Waals surface area (Å²) in [5.41, 5.74) is 2.72. The number of rotatable bonds is 2. The van der Waals surface area contributed by atoms with E-state index in [2.05, 4.69) is 30.7 Å². The number of aromatic nitrogens is 4. The number of hydrogen-bond acceptors (Lipinski definition) is 5. The zero-order chi connectivity index (χ0) is 9.97. The molecule has 0 unspecified atom stereocenters. The highest BCUT2D eigenvalue weighted by Crippen LogP contribution is 2.13. The molecule has 7 heteroatoms. The Balaban J connectivity index is 2.60. The molecule has 0 aromatic carbocycles. The van der Waals surface area contributed by atoms with Gasteiger partial charge in [0.05, 0.1) is 11.6 Å². The molecule has 3 N–H and O–H groups in total. The van der Waals surface area contributed by atoms with Crippen molar-refractivity contribution >= 4 is 23.1 Å². The molecule has 0 amide bonds. The van der Waals surface area contributed by atoms with Gasteiger partial charge in [0.2, 0.25) is 0 Å². The largest absolute Gasteiger partial charge is 0.348 e. The average molecular weight is 192 g/mol. The second kappa shape index (κ2) is 3.29. The maximum absolute atomic E-state index is 11.1. The lowest BCUT2D eigenvalue weighted by molar-refractivity contribution is 1.06. The highest BCUT2D eigenvalue weighted by molar-refractivity contribution is 5.85. The molecular formula is C7H8N6O. The highest BCUT2D eigenvalue weighted by Gasteiger charge is 2.04. The van der Waals surface area contributed by atoms with Crippen molar-refractivity contribution in [3.05, 3.63) is 16.7 Å². The van der Waals surface area contributed by atoms with Gasteiger partial charge in [-0.25, -0.2) is 4.79 Å². The number of nitrogens with one attached hydrogen (secondary N) is 3. The molecule has 7 nitrogen and oxygen atoms in total. The van der Waals surface area contributed by atoms with E-state index >= 15 is 0 Å². The van der Waals surface area contributed by atoms with Gasteiger partial charge < -0.3 is 0 Å². The number of anilines is 1. The summed E-state index contributed by atoms with van der Waals surface area (Å²) in [5.74, 6) is 0.385. The minimum absolute atomic E-state index is 0.385.